The summed E-state index contributed by atoms with van der Waals surface area (Å²) in [4.78, 5) is 28.0. The van der Waals surface area contributed by atoms with Crippen molar-refractivity contribution in [3.8, 4) is 0 Å². The fourth-order valence-electron chi connectivity index (χ4n) is 3.35. The first kappa shape index (κ1) is 21.7. The highest BCUT2D eigenvalue weighted by atomic mass is 32.1. The summed E-state index contributed by atoms with van der Waals surface area (Å²) < 4.78 is 1.31. The van der Waals surface area contributed by atoms with Crippen molar-refractivity contribution in [2.24, 2.45) is 0 Å². The number of hydrogen-bond acceptors (Lipinski definition) is 6. The van der Waals surface area contributed by atoms with E-state index in [2.05, 4.69) is 64.4 Å². The van der Waals surface area contributed by atoms with Crippen molar-refractivity contribution < 1.29 is 19.8 Å². The van der Waals surface area contributed by atoms with Gasteiger partial charge in [0.05, 0.1) is 15.2 Å². The Morgan fingerprint density at radius 1 is 0.900 bits per heavy atom. The number of hydrogen-bond donors (Lipinski definition) is 2. The van der Waals surface area contributed by atoms with Gasteiger partial charge in [0.25, 0.3) is 0 Å². The molecular weight excluding hydrogens is 402 g/mol. The highest BCUT2D eigenvalue weighted by molar-refractivity contribution is 7.18. The molecule has 2 N–H and O–H groups in total. The number of aryl methyl sites for hydroxylation is 1. The van der Waals surface area contributed by atoms with Crippen LogP contribution < -0.4 is 4.90 Å². The number of aromatic nitrogens is 1. The molecule has 0 bridgehead atoms. The largest absolute Gasteiger partial charge is 0.473 e. The van der Waals surface area contributed by atoms with Crippen molar-refractivity contribution in [1.82, 2.24) is 9.88 Å². The summed E-state index contributed by atoms with van der Waals surface area (Å²) in [6, 6.07) is 19.2. The predicted molar refractivity (Wildman–Crippen MR) is 118 cm³/mol. The van der Waals surface area contributed by atoms with Crippen molar-refractivity contribution in [2.45, 2.75) is 12.8 Å². The summed E-state index contributed by atoms with van der Waals surface area (Å²) in [6.07, 6.45) is 2.30. The molecule has 2 aromatic carbocycles. The van der Waals surface area contributed by atoms with E-state index in [0.29, 0.717) is 0 Å². The number of aliphatic carboxylic acids is 2. The Labute approximate surface area is 179 Å². The van der Waals surface area contributed by atoms with Crippen LogP contribution in [0.1, 0.15) is 11.4 Å². The zero-order valence-corrected chi connectivity index (χ0v) is 17.4. The Bertz CT molecular complexity index is 924. The molecule has 1 aliphatic rings. The predicted octanol–water partition coefficient (Wildman–Crippen LogP) is 3.21. The van der Waals surface area contributed by atoms with Crippen molar-refractivity contribution >= 4 is 39.2 Å². The number of thiazole rings is 1. The molecule has 30 heavy (non-hydrogen) atoms. The van der Waals surface area contributed by atoms with Crippen molar-refractivity contribution in [3.05, 3.63) is 59.6 Å². The highest BCUT2D eigenvalue weighted by Crippen LogP contribution is 2.22. The molecule has 0 aliphatic carbocycles. The lowest BCUT2D eigenvalue weighted by atomic mass is 10.2. The van der Waals surface area contributed by atoms with E-state index in [1.54, 1.807) is 0 Å². The Morgan fingerprint density at radius 3 is 2.17 bits per heavy atom. The molecule has 158 valence electrons. The van der Waals surface area contributed by atoms with Crippen LogP contribution in [0.3, 0.4) is 0 Å². The average molecular weight is 428 g/mol. The number of para-hydroxylation sites is 2. The van der Waals surface area contributed by atoms with Crippen LogP contribution in [0.5, 0.6) is 0 Å². The van der Waals surface area contributed by atoms with E-state index >= 15 is 0 Å². The maximum absolute atomic E-state index is 9.10. The number of rotatable bonds is 5. The van der Waals surface area contributed by atoms with E-state index in [-0.39, 0.29) is 0 Å². The molecule has 1 aromatic heterocycles. The Balaban J connectivity index is 0.000000377. The van der Waals surface area contributed by atoms with Gasteiger partial charge in [0.1, 0.15) is 0 Å². The van der Waals surface area contributed by atoms with Gasteiger partial charge in [-0.05, 0) is 37.2 Å². The molecule has 1 fully saturated rings. The first-order valence-electron chi connectivity index (χ1n) is 9.86. The van der Waals surface area contributed by atoms with E-state index < -0.39 is 11.9 Å². The summed E-state index contributed by atoms with van der Waals surface area (Å²) in [7, 11) is 0. The van der Waals surface area contributed by atoms with Gasteiger partial charge in [0, 0.05) is 38.3 Å². The number of nitrogens with zero attached hydrogens (tertiary/aromatic N) is 3. The van der Waals surface area contributed by atoms with Crippen LogP contribution in [0, 0.1) is 0 Å². The van der Waals surface area contributed by atoms with Crippen molar-refractivity contribution in [3.63, 3.8) is 0 Å². The number of anilines is 1. The number of carboxylic acid groups (broad SMARTS) is 2. The summed E-state index contributed by atoms with van der Waals surface area (Å²) >= 11 is 1.84. The van der Waals surface area contributed by atoms with E-state index in [4.69, 9.17) is 24.8 Å². The van der Waals surface area contributed by atoms with E-state index in [1.807, 2.05) is 11.3 Å². The zero-order chi connectivity index (χ0) is 21.3. The van der Waals surface area contributed by atoms with Crippen LogP contribution in [-0.2, 0) is 16.0 Å². The molecule has 1 aliphatic heterocycles. The molecule has 3 aromatic rings. The third-order valence-electron chi connectivity index (χ3n) is 4.88. The first-order chi connectivity index (χ1) is 14.5. The fraction of sp³-hybridized carbons (Fsp3) is 0.318. The van der Waals surface area contributed by atoms with Crippen LogP contribution in [0.15, 0.2) is 54.6 Å². The molecule has 0 atom stereocenters. The average Bonchev–Trinajstić information content (AvgIpc) is 3.18. The molecule has 0 saturated carbocycles. The molecule has 0 amide bonds. The zero-order valence-electron chi connectivity index (χ0n) is 16.6. The normalized spacial score (nSPS) is 14.2. The molecule has 7 nitrogen and oxygen atoms in total. The monoisotopic (exact) mass is 427 g/mol. The highest BCUT2D eigenvalue weighted by Gasteiger charge is 2.16. The Kier molecular flexibility index (Phi) is 7.75. The second kappa shape index (κ2) is 10.7. The number of fused-ring (bicyclic) bond motifs is 1. The summed E-state index contributed by atoms with van der Waals surface area (Å²) in [5.74, 6) is -3.65. The minimum absolute atomic E-state index is 1.10. The molecule has 1 saturated heterocycles. The third-order valence-corrected chi connectivity index (χ3v) is 5.98. The fourth-order valence-corrected chi connectivity index (χ4v) is 4.36. The smallest absolute Gasteiger partial charge is 0.414 e. The lowest BCUT2D eigenvalue weighted by molar-refractivity contribution is -0.159. The van der Waals surface area contributed by atoms with Crippen molar-refractivity contribution in [1.29, 1.82) is 0 Å². The molecule has 2 heterocycles. The second-order valence-corrected chi connectivity index (χ2v) is 8.07. The van der Waals surface area contributed by atoms with Crippen molar-refractivity contribution in [2.75, 3.05) is 37.6 Å². The maximum Gasteiger partial charge on any atom is 0.414 e. The van der Waals surface area contributed by atoms with Crippen LogP contribution in [0.25, 0.3) is 10.2 Å². The molecule has 0 radical (unpaired) electrons. The van der Waals surface area contributed by atoms with Gasteiger partial charge in [-0.25, -0.2) is 14.6 Å². The minimum Gasteiger partial charge on any atom is -0.473 e. The van der Waals surface area contributed by atoms with Gasteiger partial charge in [0.15, 0.2) is 0 Å². The minimum atomic E-state index is -1.82. The standard InChI is InChI=1S/C20H23N3S.C2H2O4/c1-2-7-17(8-3-1)23-15-13-22(14-16-23)12-6-11-20-21-18-9-4-5-10-19(18)24-20;3-1(4)2(5)6/h1-5,7-10H,6,11-16H2;(H,3,4)(H,5,6). The number of carboxylic acids is 2. The number of piperazine rings is 1. The van der Waals surface area contributed by atoms with Gasteiger partial charge in [-0.15, -0.1) is 11.3 Å². The SMILES string of the molecule is O=C(O)C(=O)O.c1ccc(N2CCN(CCCc3nc4ccccc4s3)CC2)cc1. The van der Waals surface area contributed by atoms with Crippen LogP contribution in [0.4, 0.5) is 5.69 Å². The van der Waals surface area contributed by atoms with Gasteiger partial charge < -0.3 is 15.1 Å². The van der Waals surface area contributed by atoms with Gasteiger partial charge in [-0.1, -0.05) is 30.3 Å². The lowest BCUT2D eigenvalue weighted by Crippen LogP contribution is -2.46. The van der Waals surface area contributed by atoms with Crippen LogP contribution in [0.2, 0.25) is 0 Å². The summed E-state index contributed by atoms with van der Waals surface area (Å²) in [6.45, 7) is 5.76. The molecule has 8 heteroatoms. The molecule has 4 rings (SSSR count). The van der Waals surface area contributed by atoms with E-state index in [1.165, 1.54) is 28.4 Å². The second-order valence-electron chi connectivity index (χ2n) is 6.95. The summed E-state index contributed by atoms with van der Waals surface area (Å²) in [5, 5.41) is 16.1. The number of carbonyl (C=O) groups is 2. The molecular formula is C22H25N3O4S. The van der Waals surface area contributed by atoms with E-state index in [9.17, 15) is 0 Å². The van der Waals surface area contributed by atoms with Crippen LogP contribution in [-0.4, -0.2) is 64.8 Å². The van der Waals surface area contributed by atoms with Gasteiger partial charge in [-0.2, -0.15) is 0 Å². The van der Waals surface area contributed by atoms with Gasteiger partial charge in [0.2, 0.25) is 0 Å². The maximum atomic E-state index is 9.10. The van der Waals surface area contributed by atoms with Gasteiger partial charge >= 0.3 is 11.9 Å². The first-order valence-corrected chi connectivity index (χ1v) is 10.7. The van der Waals surface area contributed by atoms with Gasteiger partial charge in [-0.3, -0.25) is 4.90 Å². The Morgan fingerprint density at radius 2 is 1.53 bits per heavy atom. The summed E-state index contributed by atoms with van der Waals surface area (Å²) in [5.41, 5.74) is 2.50. The topological polar surface area (TPSA) is 94.0 Å². The Hall–Kier alpha value is -2.97. The van der Waals surface area contributed by atoms with Crippen LogP contribution >= 0.6 is 11.3 Å². The lowest BCUT2D eigenvalue weighted by Gasteiger charge is -2.36. The number of benzene rings is 2. The molecule has 0 unspecified atom stereocenters. The van der Waals surface area contributed by atoms with E-state index in [0.717, 1.165) is 38.1 Å². The quantitative estimate of drug-likeness (QED) is 0.604. The molecule has 0 spiro atoms. The third kappa shape index (κ3) is 6.27.